The van der Waals surface area contributed by atoms with E-state index in [4.69, 9.17) is 4.52 Å². The lowest BCUT2D eigenvalue weighted by Crippen LogP contribution is -2.04. The van der Waals surface area contributed by atoms with Crippen molar-refractivity contribution in [2.75, 3.05) is 0 Å². The molecule has 3 rings (SSSR count). The number of benzene rings is 1. The van der Waals surface area contributed by atoms with Crippen LogP contribution in [0, 0.1) is 0 Å². The zero-order valence-corrected chi connectivity index (χ0v) is 10.3. The van der Waals surface area contributed by atoms with Crippen LogP contribution >= 0.6 is 0 Å². The van der Waals surface area contributed by atoms with Gasteiger partial charge in [0.1, 0.15) is 0 Å². The van der Waals surface area contributed by atoms with Gasteiger partial charge in [0.2, 0.25) is 11.7 Å². The third kappa shape index (κ3) is 2.43. The molecule has 2 heterocycles. The number of hydrogen-bond donors (Lipinski definition) is 1. The van der Waals surface area contributed by atoms with Crippen LogP contribution in [-0.2, 0) is 6.42 Å². The molecule has 0 bridgehead atoms. The van der Waals surface area contributed by atoms with Crippen molar-refractivity contribution in [1.82, 2.24) is 20.1 Å². The van der Waals surface area contributed by atoms with E-state index < -0.39 is 6.10 Å². The second-order valence-corrected chi connectivity index (χ2v) is 4.32. The third-order valence-corrected chi connectivity index (χ3v) is 2.67. The summed E-state index contributed by atoms with van der Waals surface area (Å²) in [6, 6.07) is 5.59. The van der Waals surface area contributed by atoms with Crippen molar-refractivity contribution in [3.05, 3.63) is 36.5 Å². The fourth-order valence-electron chi connectivity index (χ4n) is 1.81. The number of aliphatic hydroxyl groups excluding tert-OH is 1. The van der Waals surface area contributed by atoms with Crippen LogP contribution in [0.3, 0.4) is 0 Å². The fraction of sp³-hybridized carbons (Fsp3) is 0.231. The Hall–Kier alpha value is -2.34. The summed E-state index contributed by atoms with van der Waals surface area (Å²) in [5.74, 6) is 0.910. The molecule has 0 aliphatic heterocycles. The van der Waals surface area contributed by atoms with Crippen molar-refractivity contribution in [3.63, 3.8) is 0 Å². The smallest absolute Gasteiger partial charge is 0.229 e. The van der Waals surface area contributed by atoms with E-state index in [1.165, 1.54) is 0 Å². The third-order valence-electron chi connectivity index (χ3n) is 2.67. The normalized spacial score (nSPS) is 12.7. The van der Waals surface area contributed by atoms with Gasteiger partial charge in [0, 0.05) is 18.0 Å². The molecule has 1 aromatic carbocycles. The van der Waals surface area contributed by atoms with Gasteiger partial charge in [-0.05, 0) is 25.1 Å². The van der Waals surface area contributed by atoms with Crippen LogP contribution in [0.5, 0.6) is 0 Å². The highest BCUT2D eigenvalue weighted by molar-refractivity contribution is 5.79. The Morgan fingerprint density at radius 3 is 2.79 bits per heavy atom. The molecule has 0 aliphatic carbocycles. The highest BCUT2D eigenvalue weighted by Crippen LogP contribution is 2.20. The van der Waals surface area contributed by atoms with E-state index in [0.29, 0.717) is 18.1 Å². The summed E-state index contributed by atoms with van der Waals surface area (Å²) in [5.41, 5.74) is 2.41. The molecular weight excluding hydrogens is 244 g/mol. The van der Waals surface area contributed by atoms with Gasteiger partial charge in [-0.3, -0.25) is 9.97 Å². The summed E-state index contributed by atoms with van der Waals surface area (Å²) in [6.07, 6.45) is 3.13. The maximum atomic E-state index is 9.28. The summed E-state index contributed by atoms with van der Waals surface area (Å²) >= 11 is 0. The molecular formula is C13H12N4O2. The molecule has 0 saturated carbocycles. The molecule has 96 valence electrons. The van der Waals surface area contributed by atoms with Crippen LogP contribution in [0.2, 0.25) is 0 Å². The van der Waals surface area contributed by atoms with Crippen LogP contribution in [0.1, 0.15) is 12.8 Å². The lowest BCUT2D eigenvalue weighted by atomic mass is 10.2. The number of aliphatic hydroxyl groups is 1. The van der Waals surface area contributed by atoms with E-state index in [2.05, 4.69) is 20.1 Å². The predicted molar refractivity (Wildman–Crippen MR) is 68.2 cm³/mol. The van der Waals surface area contributed by atoms with Crippen molar-refractivity contribution in [3.8, 4) is 11.4 Å². The number of rotatable bonds is 3. The van der Waals surface area contributed by atoms with Crippen molar-refractivity contribution >= 4 is 11.0 Å². The van der Waals surface area contributed by atoms with Crippen LogP contribution in [0.15, 0.2) is 35.1 Å². The van der Waals surface area contributed by atoms with E-state index in [0.717, 1.165) is 16.6 Å². The minimum absolute atomic E-state index is 0.348. The zero-order valence-electron chi connectivity index (χ0n) is 10.3. The molecule has 1 N–H and O–H groups in total. The van der Waals surface area contributed by atoms with Gasteiger partial charge in [-0.15, -0.1) is 0 Å². The van der Waals surface area contributed by atoms with Crippen molar-refractivity contribution in [1.29, 1.82) is 0 Å². The minimum Gasteiger partial charge on any atom is -0.393 e. The molecule has 0 radical (unpaired) electrons. The molecule has 0 amide bonds. The molecule has 19 heavy (non-hydrogen) atoms. The van der Waals surface area contributed by atoms with E-state index in [-0.39, 0.29) is 0 Å². The summed E-state index contributed by atoms with van der Waals surface area (Å²) < 4.78 is 5.08. The zero-order chi connectivity index (χ0) is 13.2. The van der Waals surface area contributed by atoms with Gasteiger partial charge in [-0.2, -0.15) is 4.98 Å². The van der Waals surface area contributed by atoms with E-state index >= 15 is 0 Å². The molecule has 6 heteroatoms. The molecule has 0 saturated heterocycles. The monoisotopic (exact) mass is 256 g/mol. The molecule has 1 unspecified atom stereocenters. The number of nitrogens with zero attached hydrogens (tertiary/aromatic N) is 4. The molecule has 2 aromatic heterocycles. The molecule has 3 aromatic rings. The second-order valence-electron chi connectivity index (χ2n) is 4.32. The summed E-state index contributed by atoms with van der Waals surface area (Å²) in [4.78, 5) is 12.7. The second kappa shape index (κ2) is 4.74. The van der Waals surface area contributed by atoms with Crippen LogP contribution < -0.4 is 0 Å². The van der Waals surface area contributed by atoms with Gasteiger partial charge in [0.05, 0.1) is 23.6 Å². The van der Waals surface area contributed by atoms with Crippen LogP contribution in [0.25, 0.3) is 22.4 Å². The Balaban J connectivity index is 1.97. The number of fused-ring (bicyclic) bond motifs is 1. The van der Waals surface area contributed by atoms with Gasteiger partial charge in [0.15, 0.2) is 0 Å². The van der Waals surface area contributed by atoms with Gasteiger partial charge in [0.25, 0.3) is 0 Å². The lowest BCUT2D eigenvalue weighted by molar-refractivity contribution is 0.181. The Bertz CT molecular complexity index is 708. The Morgan fingerprint density at radius 1 is 1.21 bits per heavy atom. The highest BCUT2D eigenvalue weighted by Gasteiger charge is 2.11. The Labute approximate surface area is 109 Å². The summed E-state index contributed by atoms with van der Waals surface area (Å²) in [5, 5.41) is 13.2. The van der Waals surface area contributed by atoms with E-state index in [1.54, 1.807) is 19.3 Å². The van der Waals surface area contributed by atoms with Gasteiger partial charge < -0.3 is 9.63 Å². The fourth-order valence-corrected chi connectivity index (χ4v) is 1.81. The first-order chi connectivity index (χ1) is 9.22. The van der Waals surface area contributed by atoms with Gasteiger partial charge in [-0.1, -0.05) is 5.16 Å². The molecule has 1 atom stereocenters. The molecule has 0 aliphatic rings. The van der Waals surface area contributed by atoms with Gasteiger partial charge >= 0.3 is 0 Å². The van der Waals surface area contributed by atoms with Gasteiger partial charge in [-0.25, -0.2) is 0 Å². The number of aromatic nitrogens is 4. The maximum absolute atomic E-state index is 9.28. The summed E-state index contributed by atoms with van der Waals surface area (Å²) in [7, 11) is 0. The van der Waals surface area contributed by atoms with Crippen molar-refractivity contribution in [2.24, 2.45) is 0 Å². The largest absolute Gasteiger partial charge is 0.393 e. The predicted octanol–water partition coefficient (Wildman–Crippen LogP) is 1.60. The topological polar surface area (TPSA) is 84.9 Å². The summed E-state index contributed by atoms with van der Waals surface area (Å²) in [6.45, 7) is 1.68. The first kappa shape index (κ1) is 11.7. The average Bonchev–Trinajstić information content (AvgIpc) is 2.86. The van der Waals surface area contributed by atoms with Crippen molar-refractivity contribution in [2.45, 2.75) is 19.4 Å². The molecule has 6 nitrogen and oxygen atoms in total. The van der Waals surface area contributed by atoms with Crippen LogP contribution in [-0.4, -0.2) is 31.3 Å². The first-order valence-electron chi connectivity index (χ1n) is 5.94. The number of hydrogen-bond acceptors (Lipinski definition) is 6. The lowest BCUT2D eigenvalue weighted by Gasteiger charge is -1.98. The van der Waals surface area contributed by atoms with Crippen LogP contribution in [0.4, 0.5) is 0 Å². The molecule has 0 spiro atoms. The van der Waals surface area contributed by atoms with Crippen molar-refractivity contribution < 1.29 is 9.63 Å². The first-order valence-corrected chi connectivity index (χ1v) is 5.94. The Kier molecular flexibility index (Phi) is 2.92. The van der Waals surface area contributed by atoms with E-state index in [9.17, 15) is 5.11 Å². The van der Waals surface area contributed by atoms with E-state index in [1.807, 2.05) is 18.2 Å². The quantitative estimate of drug-likeness (QED) is 0.766. The average molecular weight is 256 g/mol. The minimum atomic E-state index is -0.504. The maximum Gasteiger partial charge on any atom is 0.229 e. The Morgan fingerprint density at radius 2 is 2.00 bits per heavy atom. The standard InChI is InChI=1S/C13H12N4O2/c1-8(18)6-12-16-13(17-19-12)9-2-3-10-11(7-9)15-5-4-14-10/h2-5,7-8,18H,6H2,1H3. The highest BCUT2D eigenvalue weighted by atomic mass is 16.5. The molecule has 0 fully saturated rings. The SMILES string of the molecule is CC(O)Cc1nc(-c2ccc3nccnc3c2)no1.